The Morgan fingerprint density at radius 1 is 0.671 bits per heavy atom. The molecule has 2 aliphatic rings. The number of carbonyl (C=O) groups excluding carboxylic acids is 2. The standard InChI is InChI=1S/C29H30FN5O2S.C22H23FN4O3S2/c1-3-37-29(36)35-17-14-22(15-18-35)27-34-25(21-9-11-23(30)12-10-21)26(38-27)24-13-16-31-28(33-24)32-19(2)20-7-5-4-6-8-20;1-3-30-22(28)27-12-9-15(10-13-27)20-26-18(14-4-6-16(23)7-5-14)19(31-20)17-8-11-24-21(25-17)32(2)29/h4-13,16,19,22H,3,14-15,17-18H2,1-2H3,(H,31,32,33);4-8,11,15H,3,9-10,12-13H2,1-2H3/t19-;/m0./s1. The Kier molecular flexibility index (Phi) is 16.6. The molecule has 2 aliphatic heterocycles. The number of benzene rings is 3. The van der Waals surface area contributed by atoms with Crippen molar-refractivity contribution in [3.8, 4) is 43.7 Å². The molecule has 364 valence electrons. The maximum Gasteiger partial charge on any atom is 0.409 e. The molecule has 0 spiro atoms. The van der Waals surface area contributed by atoms with Gasteiger partial charge in [0.15, 0.2) is 0 Å². The molecular formula is C51H53F2N9O5S3. The number of amides is 2. The summed E-state index contributed by atoms with van der Waals surface area (Å²) in [6.07, 6.45) is 7.50. The van der Waals surface area contributed by atoms with E-state index in [1.54, 1.807) is 70.8 Å². The van der Waals surface area contributed by atoms with Crippen molar-refractivity contribution in [3.05, 3.63) is 131 Å². The van der Waals surface area contributed by atoms with Crippen molar-refractivity contribution in [3.63, 3.8) is 0 Å². The highest BCUT2D eigenvalue weighted by molar-refractivity contribution is 7.84. The van der Waals surface area contributed by atoms with Gasteiger partial charge in [-0.3, -0.25) is 4.21 Å². The highest BCUT2D eigenvalue weighted by Gasteiger charge is 2.30. The number of carbonyl (C=O) groups is 2. The summed E-state index contributed by atoms with van der Waals surface area (Å²) in [5.74, 6) is 0.335. The van der Waals surface area contributed by atoms with Crippen LogP contribution >= 0.6 is 22.7 Å². The minimum atomic E-state index is -1.31. The van der Waals surface area contributed by atoms with Crippen molar-refractivity contribution in [2.75, 3.05) is 51.0 Å². The van der Waals surface area contributed by atoms with Crippen molar-refractivity contribution in [2.24, 2.45) is 0 Å². The third-order valence-corrected chi connectivity index (χ3v) is 15.1. The third kappa shape index (κ3) is 12.2. The molecule has 2 fully saturated rings. The fourth-order valence-electron chi connectivity index (χ4n) is 8.20. The number of aromatic nitrogens is 6. The fraction of sp³-hybridized carbons (Fsp3) is 0.333. The molecule has 0 aliphatic carbocycles. The van der Waals surface area contributed by atoms with Crippen LogP contribution in [-0.2, 0) is 20.3 Å². The first kappa shape index (κ1) is 49.8. The molecule has 0 bridgehead atoms. The number of piperidine rings is 2. The quantitative estimate of drug-likeness (QED) is 0.115. The van der Waals surface area contributed by atoms with Gasteiger partial charge in [0, 0.05) is 67.8 Å². The number of halogens is 2. The van der Waals surface area contributed by atoms with E-state index in [9.17, 15) is 22.6 Å². The molecule has 14 nitrogen and oxygen atoms in total. The number of thiazole rings is 2. The molecule has 1 unspecified atom stereocenters. The number of ether oxygens (including phenoxy) is 2. The van der Waals surface area contributed by atoms with Crippen LogP contribution in [-0.4, -0.2) is 102 Å². The smallest absolute Gasteiger partial charge is 0.409 e. The largest absolute Gasteiger partial charge is 0.450 e. The van der Waals surface area contributed by atoms with Crippen molar-refractivity contribution < 1.29 is 32.1 Å². The van der Waals surface area contributed by atoms with E-state index in [0.29, 0.717) is 56.7 Å². The summed E-state index contributed by atoms with van der Waals surface area (Å²) >= 11 is 3.13. The molecule has 1 N–H and O–H groups in total. The van der Waals surface area contributed by atoms with Gasteiger partial charge >= 0.3 is 12.2 Å². The van der Waals surface area contributed by atoms with E-state index >= 15 is 0 Å². The van der Waals surface area contributed by atoms with Crippen molar-refractivity contribution in [1.29, 1.82) is 0 Å². The lowest BCUT2D eigenvalue weighted by Gasteiger charge is -2.30. The van der Waals surface area contributed by atoms with Crippen LogP contribution < -0.4 is 5.32 Å². The summed E-state index contributed by atoms with van der Waals surface area (Å²) in [5.41, 5.74) is 5.64. The van der Waals surface area contributed by atoms with Crippen molar-refractivity contribution in [1.82, 2.24) is 39.7 Å². The number of rotatable bonds is 12. The molecule has 2 amide bonds. The first-order chi connectivity index (χ1) is 34.0. The number of likely N-dealkylation sites (tertiary alicyclic amines) is 2. The molecule has 4 aromatic heterocycles. The van der Waals surface area contributed by atoms with E-state index < -0.39 is 10.8 Å². The molecular weight excluding hydrogens is 953 g/mol. The van der Waals surface area contributed by atoms with Gasteiger partial charge in [0.2, 0.25) is 11.1 Å². The molecule has 6 heterocycles. The van der Waals surface area contributed by atoms with E-state index in [1.165, 1.54) is 41.9 Å². The third-order valence-electron chi connectivity index (χ3n) is 11.9. The lowest BCUT2D eigenvalue weighted by Crippen LogP contribution is -2.38. The Hall–Kier alpha value is -6.57. The molecule has 7 aromatic rings. The Bertz CT molecular complexity index is 2890. The van der Waals surface area contributed by atoms with Gasteiger partial charge in [0.05, 0.1) is 72.6 Å². The minimum absolute atomic E-state index is 0.0321. The fourth-order valence-corrected chi connectivity index (χ4v) is 11.1. The Morgan fingerprint density at radius 2 is 1.13 bits per heavy atom. The van der Waals surface area contributed by atoms with Gasteiger partial charge in [-0.05, 0) is 113 Å². The SMILES string of the molecule is CCOC(=O)N1CCC(c2nc(-c3ccc(F)cc3)c(-c3ccnc(N[C@@H](C)c4ccccc4)n3)s2)CC1.CCOC(=O)N1CCC(c2nc(-c3ccc(F)cc3)c(-c3ccnc(S(C)=O)n3)s2)CC1. The molecule has 0 saturated carbocycles. The second-order valence-electron chi connectivity index (χ2n) is 16.6. The first-order valence-electron chi connectivity index (χ1n) is 23.2. The van der Waals surface area contributed by atoms with Crippen LogP contribution in [0.4, 0.5) is 24.3 Å². The second-order valence-corrected chi connectivity index (χ2v) is 19.9. The average molecular weight is 1010 g/mol. The highest BCUT2D eigenvalue weighted by atomic mass is 32.2. The number of hydrogen-bond donors (Lipinski definition) is 1. The van der Waals surface area contributed by atoms with E-state index in [-0.39, 0.29) is 46.9 Å². The van der Waals surface area contributed by atoms with E-state index in [2.05, 4.69) is 39.3 Å². The van der Waals surface area contributed by atoms with Crippen LogP contribution in [0.2, 0.25) is 0 Å². The van der Waals surface area contributed by atoms with E-state index in [1.807, 2.05) is 31.2 Å². The summed E-state index contributed by atoms with van der Waals surface area (Å²) in [6, 6.07) is 26.4. The predicted molar refractivity (Wildman–Crippen MR) is 269 cm³/mol. The topological polar surface area (TPSA) is 166 Å². The number of nitrogens with one attached hydrogen (secondary N) is 1. The number of hydrogen-bond acceptors (Lipinski definition) is 14. The average Bonchev–Trinajstić information content (AvgIpc) is 4.04. The molecule has 2 saturated heterocycles. The Labute approximate surface area is 416 Å². The predicted octanol–water partition coefficient (Wildman–Crippen LogP) is 11.4. The van der Waals surface area contributed by atoms with Crippen LogP contribution in [0.5, 0.6) is 0 Å². The van der Waals surface area contributed by atoms with Gasteiger partial charge < -0.3 is 24.6 Å². The normalized spacial score (nSPS) is 15.1. The minimum Gasteiger partial charge on any atom is -0.450 e. The van der Waals surface area contributed by atoms with Gasteiger partial charge in [-0.2, -0.15) is 0 Å². The summed E-state index contributed by atoms with van der Waals surface area (Å²) in [7, 11) is -1.31. The molecule has 19 heteroatoms. The highest BCUT2D eigenvalue weighted by Crippen LogP contribution is 2.43. The summed E-state index contributed by atoms with van der Waals surface area (Å²) in [6.45, 7) is 8.89. The zero-order valence-electron chi connectivity index (χ0n) is 39.2. The zero-order valence-corrected chi connectivity index (χ0v) is 41.7. The van der Waals surface area contributed by atoms with Crippen molar-refractivity contribution in [2.45, 2.75) is 69.5 Å². The number of nitrogens with zero attached hydrogens (tertiary/aromatic N) is 8. The van der Waals surface area contributed by atoms with Gasteiger partial charge in [0.1, 0.15) is 11.6 Å². The maximum absolute atomic E-state index is 13.7. The Balaban J connectivity index is 0.000000191. The van der Waals surface area contributed by atoms with Crippen LogP contribution in [0.25, 0.3) is 43.7 Å². The van der Waals surface area contributed by atoms with Crippen LogP contribution in [0.15, 0.2) is 109 Å². The zero-order chi connectivity index (χ0) is 49.1. The molecule has 9 rings (SSSR count). The molecule has 70 heavy (non-hydrogen) atoms. The van der Waals surface area contributed by atoms with Crippen LogP contribution in [0, 0.1) is 11.6 Å². The molecule has 3 aromatic carbocycles. The van der Waals surface area contributed by atoms with Crippen LogP contribution in [0.3, 0.4) is 0 Å². The summed E-state index contributed by atoms with van der Waals surface area (Å²) in [5, 5.41) is 5.59. The van der Waals surface area contributed by atoms with E-state index in [0.717, 1.165) is 73.5 Å². The lowest BCUT2D eigenvalue weighted by atomic mass is 9.98. The van der Waals surface area contributed by atoms with Crippen LogP contribution in [0.1, 0.15) is 79.9 Å². The Morgan fingerprint density at radius 3 is 1.59 bits per heavy atom. The second kappa shape index (κ2) is 23.4. The monoisotopic (exact) mass is 1010 g/mol. The molecule has 2 atom stereocenters. The number of anilines is 1. The van der Waals surface area contributed by atoms with E-state index in [4.69, 9.17) is 24.4 Å². The molecule has 0 radical (unpaired) electrons. The van der Waals surface area contributed by atoms with Gasteiger partial charge in [-0.1, -0.05) is 30.3 Å². The summed E-state index contributed by atoms with van der Waals surface area (Å²) in [4.78, 5) is 57.2. The van der Waals surface area contributed by atoms with Gasteiger partial charge in [-0.15, -0.1) is 22.7 Å². The summed E-state index contributed by atoms with van der Waals surface area (Å²) < 4.78 is 49.4. The maximum atomic E-state index is 13.7. The van der Waals surface area contributed by atoms with Gasteiger partial charge in [-0.25, -0.2) is 48.3 Å². The lowest BCUT2D eigenvalue weighted by molar-refractivity contribution is 0.0963. The van der Waals surface area contributed by atoms with Gasteiger partial charge in [0.25, 0.3) is 0 Å². The van der Waals surface area contributed by atoms with Crippen molar-refractivity contribution >= 4 is 51.6 Å². The first-order valence-corrected chi connectivity index (χ1v) is 26.3.